The van der Waals surface area contributed by atoms with Crippen LogP contribution in [0.2, 0.25) is 0 Å². The topological polar surface area (TPSA) is 38.2 Å². The first kappa shape index (κ1) is 13.1. The van der Waals surface area contributed by atoms with Gasteiger partial charge in [-0.2, -0.15) is 5.10 Å². The SMILES string of the molecule is Cc1ccc(OC2C3CC4CC2CN(C4)C3)nn1.Cl. The molecule has 2 unspecified atom stereocenters. The third-order valence-electron chi connectivity index (χ3n) is 4.73. The molecule has 2 atom stereocenters. The molecule has 4 heterocycles. The van der Waals surface area contributed by atoms with Crippen LogP contribution in [0.25, 0.3) is 0 Å². The standard InChI is InChI=1S/C14H19N3O.ClH/c1-9-2-3-13(16-15-9)18-14-11-4-10-5-12(14)8-17(6-10)7-11;/h2-3,10-12,14H,4-8H2,1H3;1H. The predicted octanol–water partition coefficient (Wildman–Crippen LogP) is 1.93. The summed E-state index contributed by atoms with van der Waals surface area (Å²) in [6.07, 6.45) is 3.06. The maximum absolute atomic E-state index is 6.15. The van der Waals surface area contributed by atoms with Gasteiger partial charge in [-0.1, -0.05) is 0 Å². The van der Waals surface area contributed by atoms with Crippen molar-refractivity contribution in [3.05, 3.63) is 17.8 Å². The third-order valence-corrected chi connectivity index (χ3v) is 4.73. The maximum atomic E-state index is 6.15. The second-order valence-electron chi connectivity index (χ2n) is 6.17. The zero-order valence-electron chi connectivity index (χ0n) is 11.2. The number of nitrogens with zero attached hydrogens (tertiary/aromatic N) is 3. The molecule has 3 saturated heterocycles. The van der Waals surface area contributed by atoms with Gasteiger partial charge in [0, 0.05) is 37.5 Å². The summed E-state index contributed by atoms with van der Waals surface area (Å²) in [5, 5.41) is 8.22. The number of aryl methyl sites for hydroxylation is 1. The van der Waals surface area contributed by atoms with E-state index in [4.69, 9.17) is 4.74 Å². The molecule has 4 nitrogen and oxygen atoms in total. The van der Waals surface area contributed by atoms with Crippen molar-refractivity contribution in [2.45, 2.75) is 25.9 Å². The smallest absolute Gasteiger partial charge is 0.233 e. The number of hydrogen-bond acceptors (Lipinski definition) is 4. The third kappa shape index (κ3) is 2.32. The van der Waals surface area contributed by atoms with Crippen molar-refractivity contribution >= 4 is 12.4 Å². The Morgan fingerprint density at radius 3 is 2.42 bits per heavy atom. The van der Waals surface area contributed by atoms with Crippen LogP contribution < -0.4 is 4.74 Å². The Morgan fingerprint density at radius 1 is 1.11 bits per heavy atom. The molecule has 0 spiro atoms. The molecule has 1 saturated carbocycles. The van der Waals surface area contributed by atoms with Gasteiger partial charge in [0.05, 0.1) is 5.69 Å². The van der Waals surface area contributed by atoms with Crippen LogP contribution in [0.4, 0.5) is 0 Å². The van der Waals surface area contributed by atoms with Crippen LogP contribution in [0.1, 0.15) is 18.5 Å². The fraction of sp³-hybridized carbons (Fsp3) is 0.714. The van der Waals surface area contributed by atoms with Crippen LogP contribution in [-0.4, -0.2) is 40.8 Å². The molecule has 0 radical (unpaired) electrons. The van der Waals surface area contributed by atoms with Crippen LogP contribution in [-0.2, 0) is 0 Å². The average Bonchev–Trinajstić information content (AvgIpc) is 2.35. The lowest BCUT2D eigenvalue weighted by Crippen LogP contribution is -2.61. The minimum Gasteiger partial charge on any atom is -0.473 e. The van der Waals surface area contributed by atoms with Crippen LogP contribution >= 0.6 is 12.4 Å². The lowest BCUT2D eigenvalue weighted by molar-refractivity contribution is -0.0999. The molecule has 1 aromatic rings. The van der Waals surface area contributed by atoms with Gasteiger partial charge in [-0.25, -0.2) is 0 Å². The Hall–Kier alpha value is -0.870. The molecule has 0 N–H and O–H groups in total. The highest BCUT2D eigenvalue weighted by Crippen LogP contribution is 2.44. The highest BCUT2D eigenvalue weighted by Gasteiger charge is 2.48. The van der Waals surface area contributed by atoms with E-state index in [0.29, 0.717) is 23.8 Å². The molecular formula is C14H20ClN3O. The second kappa shape index (κ2) is 4.91. The van der Waals surface area contributed by atoms with E-state index < -0.39 is 0 Å². The molecule has 4 bridgehead atoms. The van der Waals surface area contributed by atoms with E-state index in [9.17, 15) is 0 Å². The molecular weight excluding hydrogens is 262 g/mol. The molecule has 3 aliphatic heterocycles. The number of aromatic nitrogens is 2. The van der Waals surface area contributed by atoms with Crippen molar-refractivity contribution < 1.29 is 4.74 Å². The van der Waals surface area contributed by atoms with Crippen molar-refractivity contribution in [1.82, 2.24) is 15.1 Å². The first-order valence-electron chi connectivity index (χ1n) is 6.97. The van der Waals surface area contributed by atoms with Gasteiger partial charge in [0.1, 0.15) is 6.10 Å². The van der Waals surface area contributed by atoms with E-state index in [1.54, 1.807) is 0 Å². The molecule has 5 rings (SSSR count). The molecule has 4 aliphatic rings. The average molecular weight is 282 g/mol. The Kier molecular flexibility index (Phi) is 3.39. The van der Waals surface area contributed by atoms with Crippen molar-refractivity contribution in [2.75, 3.05) is 19.6 Å². The quantitative estimate of drug-likeness (QED) is 0.830. The molecule has 5 heteroatoms. The normalized spacial score (nSPS) is 38.9. The summed E-state index contributed by atoms with van der Waals surface area (Å²) in [5.74, 6) is 3.04. The summed E-state index contributed by atoms with van der Waals surface area (Å²) in [7, 11) is 0. The summed E-state index contributed by atoms with van der Waals surface area (Å²) < 4.78 is 6.15. The molecule has 19 heavy (non-hydrogen) atoms. The molecule has 1 aromatic heterocycles. The van der Waals surface area contributed by atoms with Gasteiger partial charge in [0.15, 0.2) is 0 Å². The van der Waals surface area contributed by atoms with E-state index in [0.717, 1.165) is 11.6 Å². The van der Waals surface area contributed by atoms with Crippen LogP contribution in [0, 0.1) is 24.7 Å². The Balaban J connectivity index is 0.00000110. The van der Waals surface area contributed by atoms with Crippen molar-refractivity contribution in [3.63, 3.8) is 0 Å². The van der Waals surface area contributed by atoms with Crippen molar-refractivity contribution in [2.24, 2.45) is 17.8 Å². The molecule has 0 amide bonds. The van der Waals surface area contributed by atoms with E-state index in [1.807, 2.05) is 19.1 Å². The van der Waals surface area contributed by atoms with Gasteiger partial charge in [-0.05, 0) is 31.7 Å². The van der Waals surface area contributed by atoms with Gasteiger partial charge in [-0.3, -0.25) is 0 Å². The van der Waals surface area contributed by atoms with E-state index in [2.05, 4.69) is 15.1 Å². The van der Waals surface area contributed by atoms with Crippen molar-refractivity contribution in [3.8, 4) is 5.88 Å². The minimum absolute atomic E-state index is 0. The fourth-order valence-corrected chi connectivity index (χ4v) is 4.15. The predicted molar refractivity (Wildman–Crippen MR) is 74.6 cm³/mol. The Morgan fingerprint density at radius 2 is 1.84 bits per heavy atom. The van der Waals surface area contributed by atoms with E-state index in [-0.39, 0.29) is 12.4 Å². The number of hydrogen-bond donors (Lipinski definition) is 0. The maximum Gasteiger partial charge on any atom is 0.233 e. The monoisotopic (exact) mass is 281 g/mol. The van der Waals surface area contributed by atoms with Gasteiger partial charge >= 0.3 is 0 Å². The second-order valence-corrected chi connectivity index (χ2v) is 6.17. The Bertz CT molecular complexity index is 423. The first-order chi connectivity index (χ1) is 8.78. The zero-order chi connectivity index (χ0) is 12.1. The van der Waals surface area contributed by atoms with Gasteiger partial charge in [0.2, 0.25) is 5.88 Å². The lowest BCUT2D eigenvalue weighted by Gasteiger charge is -2.55. The van der Waals surface area contributed by atoms with E-state index >= 15 is 0 Å². The zero-order valence-corrected chi connectivity index (χ0v) is 12.0. The minimum atomic E-state index is 0. The van der Waals surface area contributed by atoms with E-state index in [1.165, 1.54) is 32.5 Å². The molecule has 4 fully saturated rings. The van der Waals surface area contributed by atoms with Crippen LogP contribution in [0.5, 0.6) is 5.88 Å². The number of rotatable bonds is 2. The lowest BCUT2D eigenvalue weighted by atomic mass is 9.66. The summed E-state index contributed by atoms with van der Waals surface area (Å²) >= 11 is 0. The van der Waals surface area contributed by atoms with Crippen LogP contribution in [0.15, 0.2) is 12.1 Å². The van der Waals surface area contributed by atoms with Gasteiger partial charge in [-0.15, -0.1) is 17.5 Å². The molecule has 104 valence electrons. The van der Waals surface area contributed by atoms with Crippen LogP contribution in [0.3, 0.4) is 0 Å². The summed E-state index contributed by atoms with van der Waals surface area (Å²) in [4.78, 5) is 2.62. The molecule has 1 aliphatic carbocycles. The number of ether oxygens (including phenoxy) is 1. The van der Waals surface area contributed by atoms with Crippen molar-refractivity contribution in [1.29, 1.82) is 0 Å². The van der Waals surface area contributed by atoms with Gasteiger partial charge < -0.3 is 9.64 Å². The summed E-state index contributed by atoms with van der Waals surface area (Å²) in [6, 6.07) is 3.93. The summed E-state index contributed by atoms with van der Waals surface area (Å²) in [5.41, 5.74) is 0.943. The molecule has 0 aromatic carbocycles. The van der Waals surface area contributed by atoms with Gasteiger partial charge in [0.25, 0.3) is 0 Å². The largest absolute Gasteiger partial charge is 0.473 e. The Labute approximate surface area is 119 Å². The first-order valence-corrected chi connectivity index (χ1v) is 6.97. The fourth-order valence-electron chi connectivity index (χ4n) is 4.15. The number of piperidine rings is 3. The highest BCUT2D eigenvalue weighted by atomic mass is 35.5. The number of halogens is 1. The highest BCUT2D eigenvalue weighted by molar-refractivity contribution is 5.85. The summed E-state index contributed by atoms with van der Waals surface area (Å²) in [6.45, 7) is 5.71.